The second kappa shape index (κ2) is 7.81. The Morgan fingerprint density at radius 1 is 1.31 bits per heavy atom. The van der Waals surface area contributed by atoms with Gasteiger partial charge < -0.3 is 15.0 Å². The SMILES string of the molecule is CC(=O)N1CCC[C@H]1C(=O)NCC1Cc2cccc(-c3nc(C)cnc3C)c2O1. The molecule has 7 nitrogen and oxygen atoms in total. The van der Waals surface area contributed by atoms with Gasteiger partial charge in [-0.3, -0.25) is 14.6 Å². The summed E-state index contributed by atoms with van der Waals surface area (Å²) in [5, 5.41) is 2.98. The number of rotatable bonds is 4. The third-order valence-corrected chi connectivity index (χ3v) is 5.62. The second-order valence-corrected chi connectivity index (χ2v) is 7.80. The number of hydrogen-bond donors (Lipinski definition) is 1. The molecule has 0 aliphatic carbocycles. The lowest BCUT2D eigenvalue weighted by molar-refractivity contribution is -0.137. The molecule has 2 aliphatic rings. The van der Waals surface area contributed by atoms with E-state index >= 15 is 0 Å². The fraction of sp³-hybridized carbons (Fsp3) is 0.455. The van der Waals surface area contributed by atoms with E-state index in [9.17, 15) is 9.59 Å². The molecule has 152 valence electrons. The van der Waals surface area contributed by atoms with Crippen molar-refractivity contribution in [3.63, 3.8) is 0 Å². The number of para-hydroxylation sites is 1. The molecule has 1 fully saturated rings. The van der Waals surface area contributed by atoms with Crippen LogP contribution in [0.15, 0.2) is 24.4 Å². The number of hydrogen-bond acceptors (Lipinski definition) is 5. The molecule has 0 spiro atoms. The highest BCUT2D eigenvalue weighted by atomic mass is 16.5. The zero-order chi connectivity index (χ0) is 20.5. The minimum absolute atomic E-state index is 0.0496. The predicted molar refractivity (Wildman–Crippen MR) is 108 cm³/mol. The van der Waals surface area contributed by atoms with Gasteiger partial charge in [-0.1, -0.05) is 12.1 Å². The van der Waals surface area contributed by atoms with Crippen LogP contribution < -0.4 is 10.1 Å². The molecule has 4 rings (SSSR count). The lowest BCUT2D eigenvalue weighted by Crippen LogP contribution is -2.47. The molecular weight excluding hydrogens is 368 g/mol. The van der Waals surface area contributed by atoms with Gasteiger partial charge in [0.25, 0.3) is 0 Å². The zero-order valence-electron chi connectivity index (χ0n) is 17.1. The molecule has 1 saturated heterocycles. The number of aromatic nitrogens is 2. The van der Waals surface area contributed by atoms with Gasteiger partial charge in [-0.05, 0) is 38.3 Å². The van der Waals surface area contributed by atoms with Crippen LogP contribution in [0.25, 0.3) is 11.3 Å². The smallest absolute Gasteiger partial charge is 0.242 e. The van der Waals surface area contributed by atoms with E-state index in [0.717, 1.165) is 46.8 Å². The number of carbonyl (C=O) groups is 2. The molecule has 2 aliphatic heterocycles. The molecule has 3 heterocycles. The molecule has 0 saturated carbocycles. The summed E-state index contributed by atoms with van der Waals surface area (Å²) < 4.78 is 6.21. The van der Waals surface area contributed by atoms with Gasteiger partial charge in [0, 0.05) is 31.6 Å². The minimum atomic E-state index is -0.364. The largest absolute Gasteiger partial charge is 0.487 e. The number of benzene rings is 1. The molecular formula is C22H26N4O3. The van der Waals surface area contributed by atoms with E-state index in [1.807, 2.05) is 32.0 Å². The number of nitrogens with one attached hydrogen (secondary N) is 1. The fourth-order valence-electron chi connectivity index (χ4n) is 4.18. The van der Waals surface area contributed by atoms with E-state index < -0.39 is 0 Å². The molecule has 1 unspecified atom stereocenters. The van der Waals surface area contributed by atoms with Crippen LogP contribution in [-0.4, -0.2) is 51.9 Å². The molecule has 2 atom stereocenters. The number of amides is 2. The Labute approximate surface area is 170 Å². The van der Waals surface area contributed by atoms with E-state index in [4.69, 9.17) is 4.74 Å². The van der Waals surface area contributed by atoms with Gasteiger partial charge in [-0.15, -0.1) is 0 Å². The van der Waals surface area contributed by atoms with E-state index in [-0.39, 0.29) is 24.0 Å². The van der Waals surface area contributed by atoms with E-state index in [0.29, 0.717) is 19.5 Å². The second-order valence-electron chi connectivity index (χ2n) is 7.80. The first-order chi connectivity index (χ1) is 13.9. The highest BCUT2D eigenvalue weighted by Crippen LogP contribution is 2.38. The number of carbonyl (C=O) groups excluding carboxylic acids is 2. The van der Waals surface area contributed by atoms with Gasteiger partial charge >= 0.3 is 0 Å². The minimum Gasteiger partial charge on any atom is -0.487 e. The lowest BCUT2D eigenvalue weighted by Gasteiger charge is -2.23. The highest BCUT2D eigenvalue weighted by Gasteiger charge is 2.33. The van der Waals surface area contributed by atoms with Gasteiger partial charge in [-0.2, -0.15) is 0 Å². The van der Waals surface area contributed by atoms with Crippen LogP contribution in [0.1, 0.15) is 36.7 Å². The van der Waals surface area contributed by atoms with Gasteiger partial charge in [-0.25, -0.2) is 4.98 Å². The molecule has 2 amide bonds. The normalized spacial score (nSPS) is 20.3. The van der Waals surface area contributed by atoms with Crippen LogP contribution in [0.3, 0.4) is 0 Å². The fourth-order valence-corrected chi connectivity index (χ4v) is 4.18. The average Bonchev–Trinajstić information content (AvgIpc) is 3.34. The Bertz CT molecular complexity index is 959. The lowest BCUT2D eigenvalue weighted by atomic mass is 10.0. The van der Waals surface area contributed by atoms with Crippen molar-refractivity contribution in [2.24, 2.45) is 0 Å². The summed E-state index contributed by atoms with van der Waals surface area (Å²) in [5.41, 5.74) is 4.58. The molecule has 7 heteroatoms. The highest BCUT2D eigenvalue weighted by molar-refractivity contribution is 5.87. The van der Waals surface area contributed by atoms with Gasteiger partial charge in [0.15, 0.2) is 0 Å². The first-order valence-corrected chi connectivity index (χ1v) is 10.1. The molecule has 1 N–H and O–H groups in total. The maximum atomic E-state index is 12.6. The maximum Gasteiger partial charge on any atom is 0.242 e. The number of likely N-dealkylation sites (tertiary alicyclic amines) is 1. The van der Waals surface area contributed by atoms with Crippen molar-refractivity contribution in [3.05, 3.63) is 41.3 Å². The molecule has 0 bridgehead atoms. The van der Waals surface area contributed by atoms with Crippen LogP contribution in [0.5, 0.6) is 5.75 Å². The number of aryl methyl sites for hydroxylation is 2. The summed E-state index contributed by atoms with van der Waals surface area (Å²) in [5.74, 6) is 0.672. The Morgan fingerprint density at radius 2 is 2.14 bits per heavy atom. The van der Waals surface area contributed by atoms with Crippen molar-refractivity contribution in [1.82, 2.24) is 20.2 Å². The van der Waals surface area contributed by atoms with Crippen LogP contribution in [-0.2, 0) is 16.0 Å². The molecule has 1 aromatic carbocycles. The van der Waals surface area contributed by atoms with Crippen molar-refractivity contribution >= 4 is 11.8 Å². The van der Waals surface area contributed by atoms with Crippen molar-refractivity contribution in [3.8, 4) is 17.0 Å². The summed E-state index contributed by atoms with van der Waals surface area (Å²) >= 11 is 0. The van der Waals surface area contributed by atoms with Crippen molar-refractivity contribution in [2.75, 3.05) is 13.1 Å². The Balaban J connectivity index is 1.45. The summed E-state index contributed by atoms with van der Waals surface area (Å²) in [6.45, 7) is 6.44. The van der Waals surface area contributed by atoms with E-state index in [2.05, 4.69) is 15.3 Å². The number of nitrogens with zero attached hydrogens (tertiary/aromatic N) is 3. The summed E-state index contributed by atoms with van der Waals surface area (Å²) in [6, 6.07) is 5.69. The van der Waals surface area contributed by atoms with Crippen LogP contribution in [0.2, 0.25) is 0 Å². The van der Waals surface area contributed by atoms with Crippen molar-refractivity contribution < 1.29 is 14.3 Å². The average molecular weight is 394 g/mol. The Morgan fingerprint density at radius 3 is 2.93 bits per heavy atom. The van der Waals surface area contributed by atoms with E-state index in [1.165, 1.54) is 6.92 Å². The molecule has 2 aromatic rings. The maximum absolute atomic E-state index is 12.6. The predicted octanol–water partition coefficient (Wildman–Crippen LogP) is 2.19. The summed E-state index contributed by atoms with van der Waals surface area (Å²) in [4.78, 5) is 35.0. The van der Waals surface area contributed by atoms with Crippen molar-refractivity contribution in [2.45, 2.75) is 52.2 Å². The quantitative estimate of drug-likeness (QED) is 0.859. The third-order valence-electron chi connectivity index (χ3n) is 5.62. The first-order valence-electron chi connectivity index (χ1n) is 10.1. The molecule has 1 aromatic heterocycles. The van der Waals surface area contributed by atoms with Gasteiger partial charge in [0.1, 0.15) is 17.9 Å². The topological polar surface area (TPSA) is 84.4 Å². The third kappa shape index (κ3) is 3.81. The van der Waals surface area contributed by atoms with E-state index in [1.54, 1.807) is 11.1 Å². The van der Waals surface area contributed by atoms with Crippen LogP contribution >= 0.6 is 0 Å². The summed E-state index contributed by atoms with van der Waals surface area (Å²) in [6.07, 6.45) is 3.92. The van der Waals surface area contributed by atoms with Crippen molar-refractivity contribution in [1.29, 1.82) is 0 Å². The monoisotopic (exact) mass is 394 g/mol. The molecule has 0 radical (unpaired) electrons. The number of ether oxygens (including phenoxy) is 1. The summed E-state index contributed by atoms with van der Waals surface area (Å²) in [7, 11) is 0. The Hall–Kier alpha value is -2.96. The number of fused-ring (bicyclic) bond motifs is 1. The Kier molecular flexibility index (Phi) is 5.22. The van der Waals surface area contributed by atoms with Gasteiger partial charge in [0.05, 0.1) is 23.6 Å². The van der Waals surface area contributed by atoms with Crippen LogP contribution in [0, 0.1) is 13.8 Å². The molecule has 29 heavy (non-hydrogen) atoms. The zero-order valence-corrected chi connectivity index (χ0v) is 17.1. The van der Waals surface area contributed by atoms with Gasteiger partial charge in [0.2, 0.25) is 11.8 Å². The first kappa shape index (κ1) is 19.4. The standard InChI is InChI=1S/C22H26N4O3/c1-13-11-23-14(2)20(25-13)18-7-4-6-16-10-17(29-21(16)18)12-24-22(28)19-8-5-9-26(19)15(3)27/h4,6-7,11,17,19H,5,8-10,12H2,1-3H3,(H,24,28)/t17?,19-/m0/s1. The van der Waals surface area contributed by atoms with Crippen LogP contribution in [0.4, 0.5) is 0 Å².